The molecule has 5 nitrogen and oxygen atoms in total. The van der Waals surface area contributed by atoms with E-state index in [1.54, 1.807) is 6.08 Å². The number of hydrogen-bond donors (Lipinski definition) is 1. The van der Waals surface area contributed by atoms with E-state index < -0.39 is 5.97 Å². The van der Waals surface area contributed by atoms with E-state index in [2.05, 4.69) is 6.58 Å². The fraction of sp³-hybridized carbons (Fsp3) is 0.263. The lowest BCUT2D eigenvalue weighted by molar-refractivity contribution is -0.138. The van der Waals surface area contributed by atoms with Gasteiger partial charge in [0.2, 0.25) is 0 Å². The van der Waals surface area contributed by atoms with Crippen LogP contribution in [0.5, 0.6) is 0 Å². The number of benzene rings is 1. The maximum Gasteiger partial charge on any atom is 0.330 e. The van der Waals surface area contributed by atoms with Crippen LogP contribution < -0.4 is 0 Å². The molecular weight excluding hydrogens is 308 g/mol. The Morgan fingerprint density at radius 1 is 1.21 bits per heavy atom. The Labute approximate surface area is 142 Å². The molecule has 0 amide bonds. The van der Waals surface area contributed by atoms with Gasteiger partial charge >= 0.3 is 11.9 Å². The van der Waals surface area contributed by atoms with E-state index in [1.807, 2.05) is 44.2 Å². The van der Waals surface area contributed by atoms with Crippen molar-refractivity contribution in [2.75, 3.05) is 13.7 Å². The van der Waals surface area contributed by atoms with Gasteiger partial charge in [0.1, 0.15) is 5.76 Å². The van der Waals surface area contributed by atoms with Crippen LogP contribution in [-0.4, -0.2) is 30.8 Å². The van der Waals surface area contributed by atoms with Crippen molar-refractivity contribution in [1.29, 1.82) is 0 Å². The van der Waals surface area contributed by atoms with Crippen molar-refractivity contribution in [2.24, 2.45) is 5.92 Å². The van der Waals surface area contributed by atoms with Gasteiger partial charge in [-0.1, -0.05) is 50.8 Å². The molecule has 0 spiro atoms. The van der Waals surface area contributed by atoms with Crippen molar-refractivity contribution < 1.29 is 24.2 Å². The molecule has 0 aliphatic carbocycles. The Balaban J connectivity index is 0.000000506. The van der Waals surface area contributed by atoms with Crippen LogP contribution in [0, 0.1) is 5.92 Å². The number of rotatable bonds is 7. The molecule has 0 saturated carbocycles. The summed E-state index contributed by atoms with van der Waals surface area (Å²) < 4.78 is 9.71. The fourth-order valence-electron chi connectivity index (χ4n) is 1.35. The largest absolute Gasteiger partial charge is 0.497 e. The molecule has 0 aliphatic rings. The molecule has 24 heavy (non-hydrogen) atoms. The van der Waals surface area contributed by atoms with E-state index in [0.717, 1.165) is 11.6 Å². The van der Waals surface area contributed by atoms with Gasteiger partial charge in [0.25, 0.3) is 0 Å². The highest BCUT2D eigenvalue weighted by atomic mass is 16.5. The minimum atomic E-state index is -0.994. The average Bonchev–Trinajstić information content (AvgIpc) is 2.57. The summed E-state index contributed by atoms with van der Waals surface area (Å²) >= 11 is 0. The molecule has 1 aromatic rings. The summed E-state index contributed by atoms with van der Waals surface area (Å²) in [5, 5.41) is 8.45. The molecule has 0 atom stereocenters. The number of esters is 1. The molecular formula is C19H24O5. The summed E-state index contributed by atoms with van der Waals surface area (Å²) in [6.45, 7) is 7.71. The second-order valence-corrected chi connectivity index (χ2v) is 5.06. The third-order valence-corrected chi connectivity index (χ3v) is 2.46. The number of hydrogen-bond acceptors (Lipinski definition) is 4. The van der Waals surface area contributed by atoms with E-state index in [1.165, 1.54) is 19.3 Å². The summed E-state index contributed by atoms with van der Waals surface area (Å²) in [5.41, 5.74) is 0.962. The topological polar surface area (TPSA) is 72.8 Å². The van der Waals surface area contributed by atoms with Crippen molar-refractivity contribution in [3.05, 3.63) is 66.5 Å². The second-order valence-electron chi connectivity index (χ2n) is 5.06. The lowest BCUT2D eigenvalue weighted by Gasteiger charge is -2.02. The summed E-state index contributed by atoms with van der Waals surface area (Å²) in [6, 6.07) is 9.54. The molecule has 1 N–H and O–H groups in total. The van der Waals surface area contributed by atoms with Crippen LogP contribution in [0.1, 0.15) is 19.4 Å². The van der Waals surface area contributed by atoms with Gasteiger partial charge in [0, 0.05) is 12.2 Å². The predicted molar refractivity (Wildman–Crippen MR) is 94.2 cm³/mol. The number of methoxy groups -OCH3 is 1. The maximum absolute atomic E-state index is 10.4. The van der Waals surface area contributed by atoms with E-state index in [4.69, 9.17) is 14.6 Å². The first kappa shape index (κ1) is 21.2. The van der Waals surface area contributed by atoms with Crippen LogP contribution in [0.4, 0.5) is 0 Å². The van der Waals surface area contributed by atoms with Gasteiger partial charge in [-0.2, -0.15) is 0 Å². The lowest BCUT2D eigenvalue weighted by Crippen LogP contribution is -2.06. The Bertz CT molecular complexity index is 571. The highest BCUT2D eigenvalue weighted by molar-refractivity contribution is 5.81. The molecule has 5 heteroatoms. The van der Waals surface area contributed by atoms with Gasteiger partial charge in [-0.3, -0.25) is 0 Å². The van der Waals surface area contributed by atoms with Crippen molar-refractivity contribution in [3.63, 3.8) is 0 Å². The number of allylic oxidation sites excluding steroid dienone is 1. The SMILES string of the molecule is C=CC(=O)OCC(C)C.COC(C=CC(=O)O)=Cc1ccccc1. The summed E-state index contributed by atoms with van der Waals surface area (Å²) in [4.78, 5) is 20.7. The molecule has 0 saturated heterocycles. The van der Waals surface area contributed by atoms with E-state index in [9.17, 15) is 9.59 Å². The number of ether oxygens (including phenoxy) is 2. The first-order chi connectivity index (χ1) is 11.4. The normalized spacial score (nSPS) is 10.8. The molecule has 0 fully saturated rings. The van der Waals surface area contributed by atoms with Gasteiger partial charge in [0.05, 0.1) is 13.7 Å². The molecule has 1 rings (SSSR count). The standard InChI is InChI=1S/C12H12O3.C7H12O2/c1-15-11(7-8-12(13)14)9-10-5-3-2-4-6-10;1-4-7(8)9-5-6(2)3/h2-9H,1H3,(H,13,14);4,6H,1,5H2,2-3H3. The van der Waals surface area contributed by atoms with Crippen LogP contribution in [0.15, 0.2) is 60.9 Å². The summed E-state index contributed by atoms with van der Waals surface area (Å²) in [7, 11) is 1.50. The fourth-order valence-corrected chi connectivity index (χ4v) is 1.35. The van der Waals surface area contributed by atoms with Crippen molar-refractivity contribution in [3.8, 4) is 0 Å². The van der Waals surface area contributed by atoms with Crippen LogP contribution in [-0.2, 0) is 19.1 Å². The highest BCUT2D eigenvalue weighted by Gasteiger charge is 1.96. The highest BCUT2D eigenvalue weighted by Crippen LogP contribution is 2.07. The molecule has 0 aromatic heterocycles. The van der Waals surface area contributed by atoms with Gasteiger partial charge in [0.15, 0.2) is 0 Å². The summed E-state index contributed by atoms with van der Waals surface area (Å²) in [5.74, 6) is -0.438. The number of carbonyl (C=O) groups excluding carboxylic acids is 1. The molecule has 0 unspecified atom stereocenters. The van der Waals surface area contributed by atoms with Crippen molar-refractivity contribution in [1.82, 2.24) is 0 Å². The summed E-state index contributed by atoms with van der Waals surface area (Å²) in [6.07, 6.45) is 5.38. The number of aliphatic carboxylic acids is 1. The minimum Gasteiger partial charge on any atom is -0.497 e. The van der Waals surface area contributed by atoms with Gasteiger partial charge in [-0.15, -0.1) is 0 Å². The number of carboxylic acid groups (broad SMARTS) is 1. The predicted octanol–water partition coefficient (Wildman–Crippen LogP) is 3.69. The third kappa shape index (κ3) is 11.8. The number of carboxylic acids is 1. The Kier molecular flexibility index (Phi) is 11.2. The molecule has 0 aliphatic heterocycles. The zero-order chi connectivity index (χ0) is 18.4. The van der Waals surface area contributed by atoms with Gasteiger partial charge in [-0.25, -0.2) is 9.59 Å². The van der Waals surface area contributed by atoms with Crippen LogP contribution in [0.25, 0.3) is 6.08 Å². The van der Waals surface area contributed by atoms with E-state index >= 15 is 0 Å². The molecule has 0 radical (unpaired) electrons. The van der Waals surface area contributed by atoms with Crippen molar-refractivity contribution >= 4 is 18.0 Å². The lowest BCUT2D eigenvalue weighted by atomic mass is 10.2. The third-order valence-electron chi connectivity index (χ3n) is 2.46. The number of carbonyl (C=O) groups is 2. The van der Waals surface area contributed by atoms with Crippen LogP contribution in [0.3, 0.4) is 0 Å². The van der Waals surface area contributed by atoms with Gasteiger partial charge in [-0.05, 0) is 23.6 Å². The van der Waals surface area contributed by atoms with E-state index in [0.29, 0.717) is 18.3 Å². The van der Waals surface area contributed by atoms with E-state index in [-0.39, 0.29) is 5.97 Å². The molecule has 0 bridgehead atoms. The Morgan fingerprint density at radius 3 is 2.29 bits per heavy atom. The Hall–Kier alpha value is -2.82. The molecule has 130 valence electrons. The maximum atomic E-state index is 10.4. The Morgan fingerprint density at radius 2 is 1.83 bits per heavy atom. The smallest absolute Gasteiger partial charge is 0.330 e. The van der Waals surface area contributed by atoms with Gasteiger partial charge < -0.3 is 14.6 Å². The first-order valence-electron chi connectivity index (χ1n) is 7.40. The zero-order valence-electron chi connectivity index (χ0n) is 14.3. The monoisotopic (exact) mass is 332 g/mol. The second kappa shape index (κ2) is 12.7. The zero-order valence-corrected chi connectivity index (χ0v) is 14.3. The first-order valence-corrected chi connectivity index (χ1v) is 7.40. The van der Waals surface area contributed by atoms with Crippen molar-refractivity contribution in [2.45, 2.75) is 13.8 Å². The van der Waals surface area contributed by atoms with Crippen LogP contribution in [0.2, 0.25) is 0 Å². The molecule has 1 aromatic carbocycles. The average molecular weight is 332 g/mol. The minimum absolute atomic E-state index is 0.344. The van der Waals surface area contributed by atoms with Crippen LogP contribution >= 0.6 is 0 Å². The molecule has 0 heterocycles. The quantitative estimate of drug-likeness (QED) is 0.357.